The fourth-order valence-corrected chi connectivity index (χ4v) is 3.42. The molecule has 0 unspecified atom stereocenters. The highest BCUT2D eigenvalue weighted by Crippen LogP contribution is 2.17. The van der Waals surface area contributed by atoms with Crippen LogP contribution < -0.4 is 0 Å². The summed E-state index contributed by atoms with van der Waals surface area (Å²) in [6.07, 6.45) is 0. The molecule has 1 aromatic carbocycles. The number of hydrogen-bond acceptors (Lipinski definition) is 3. The largest absolute Gasteiger partial charge is 0.384 e. The van der Waals surface area contributed by atoms with Crippen LogP contribution in [0.3, 0.4) is 0 Å². The Kier molecular flexibility index (Phi) is 6.21. The van der Waals surface area contributed by atoms with Crippen molar-refractivity contribution in [2.75, 3.05) is 19.7 Å². The number of aliphatic hydroxyl groups excluding tert-OH is 1. The van der Waals surface area contributed by atoms with E-state index >= 15 is 0 Å². The first-order chi connectivity index (χ1) is 9.41. The molecule has 0 aliphatic carbocycles. The van der Waals surface area contributed by atoms with Gasteiger partial charge < -0.3 is 5.11 Å². The second-order valence-electron chi connectivity index (χ2n) is 4.83. The van der Waals surface area contributed by atoms with Gasteiger partial charge in [-0.15, -0.1) is 0 Å². The first kappa shape index (κ1) is 16.7. The molecular weight excluding hydrogens is 274 g/mol. The van der Waals surface area contributed by atoms with E-state index in [9.17, 15) is 8.42 Å². The van der Waals surface area contributed by atoms with Crippen molar-refractivity contribution in [1.29, 1.82) is 0 Å². The molecule has 110 valence electrons. The lowest BCUT2D eigenvalue weighted by Gasteiger charge is -2.22. The van der Waals surface area contributed by atoms with Crippen molar-refractivity contribution in [3.05, 3.63) is 29.8 Å². The van der Waals surface area contributed by atoms with E-state index in [0.717, 1.165) is 0 Å². The molecular formula is C15H21NO3S. The Morgan fingerprint density at radius 3 is 2.30 bits per heavy atom. The second kappa shape index (κ2) is 7.44. The normalized spacial score (nSPS) is 11.5. The molecule has 0 saturated heterocycles. The van der Waals surface area contributed by atoms with Crippen molar-refractivity contribution in [2.45, 2.75) is 25.7 Å². The molecule has 0 fully saturated rings. The van der Waals surface area contributed by atoms with Crippen molar-refractivity contribution in [3.63, 3.8) is 0 Å². The van der Waals surface area contributed by atoms with Gasteiger partial charge in [0.05, 0.1) is 4.90 Å². The molecule has 0 saturated carbocycles. The van der Waals surface area contributed by atoms with Crippen molar-refractivity contribution >= 4 is 10.0 Å². The summed E-state index contributed by atoms with van der Waals surface area (Å²) in [5, 5.41) is 8.62. The predicted molar refractivity (Wildman–Crippen MR) is 79.7 cm³/mol. The number of rotatable bonds is 5. The van der Waals surface area contributed by atoms with E-state index in [0.29, 0.717) is 18.7 Å². The van der Waals surface area contributed by atoms with Gasteiger partial charge in [-0.2, -0.15) is 4.31 Å². The van der Waals surface area contributed by atoms with Gasteiger partial charge in [0.1, 0.15) is 6.61 Å². The minimum absolute atomic E-state index is 0.210. The van der Waals surface area contributed by atoms with Crippen molar-refractivity contribution in [3.8, 4) is 11.8 Å². The second-order valence-corrected chi connectivity index (χ2v) is 6.77. The van der Waals surface area contributed by atoms with Gasteiger partial charge >= 0.3 is 0 Å². The van der Waals surface area contributed by atoms with Crippen LogP contribution in [0, 0.1) is 17.8 Å². The summed E-state index contributed by atoms with van der Waals surface area (Å²) < 4.78 is 26.4. The Morgan fingerprint density at radius 1 is 1.25 bits per heavy atom. The zero-order valence-corrected chi connectivity index (χ0v) is 12.9. The monoisotopic (exact) mass is 295 g/mol. The molecule has 5 heteroatoms. The number of hydrogen-bond donors (Lipinski definition) is 1. The molecule has 0 spiro atoms. The maximum Gasteiger partial charge on any atom is 0.243 e. The first-order valence-corrected chi connectivity index (χ1v) is 8.05. The van der Waals surface area contributed by atoms with Gasteiger partial charge in [-0.25, -0.2) is 8.42 Å². The average Bonchev–Trinajstić information content (AvgIpc) is 2.42. The van der Waals surface area contributed by atoms with Crippen LogP contribution in [0.1, 0.15) is 26.3 Å². The Hall–Kier alpha value is -1.35. The van der Waals surface area contributed by atoms with Gasteiger partial charge in [-0.05, 0) is 30.2 Å². The third-order valence-corrected chi connectivity index (χ3v) is 4.68. The molecule has 1 aromatic rings. The fourth-order valence-electron chi connectivity index (χ4n) is 1.81. The molecule has 0 bridgehead atoms. The molecule has 1 N–H and O–H groups in total. The maximum atomic E-state index is 12.5. The lowest BCUT2D eigenvalue weighted by molar-refractivity contribution is 0.350. The smallest absolute Gasteiger partial charge is 0.243 e. The van der Waals surface area contributed by atoms with E-state index in [1.807, 2.05) is 20.8 Å². The maximum absolute atomic E-state index is 12.5. The van der Waals surface area contributed by atoms with Crippen LogP contribution in [0.5, 0.6) is 0 Å². The van der Waals surface area contributed by atoms with Gasteiger partial charge in [-0.3, -0.25) is 0 Å². The number of aliphatic hydroxyl groups is 1. The van der Waals surface area contributed by atoms with Crippen LogP contribution in [0.4, 0.5) is 0 Å². The quantitative estimate of drug-likeness (QED) is 0.841. The van der Waals surface area contributed by atoms with Crippen LogP contribution in [0.15, 0.2) is 29.2 Å². The molecule has 0 radical (unpaired) electrons. The molecule has 1 rings (SSSR count). The topological polar surface area (TPSA) is 57.6 Å². The van der Waals surface area contributed by atoms with E-state index in [4.69, 9.17) is 5.11 Å². The van der Waals surface area contributed by atoms with E-state index in [-0.39, 0.29) is 17.4 Å². The Labute approximate surface area is 121 Å². The predicted octanol–water partition coefficient (Wildman–Crippen LogP) is 1.70. The molecule has 20 heavy (non-hydrogen) atoms. The van der Waals surface area contributed by atoms with Crippen LogP contribution in [-0.4, -0.2) is 37.5 Å². The summed E-state index contributed by atoms with van der Waals surface area (Å²) in [5.74, 6) is 5.55. The van der Waals surface area contributed by atoms with Gasteiger partial charge in [0, 0.05) is 18.7 Å². The summed E-state index contributed by atoms with van der Waals surface area (Å²) in [4.78, 5) is 0.273. The zero-order chi connectivity index (χ0) is 15.2. The minimum Gasteiger partial charge on any atom is -0.384 e. The van der Waals surface area contributed by atoms with Crippen LogP contribution in [0.25, 0.3) is 0 Å². The molecule has 0 aromatic heterocycles. The number of nitrogens with zero attached hydrogens (tertiary/aromatic N) is 1. The van der Waals surface area contributed by atoms with Crippen LogP contribution >= 0.6 is 0 Å². The molecule has 0 aliphatic heterocycles. The summed E-state index contributed by atoms with van der Waals surface area (Å²) in [6.45, 7) is 6.56. The standard InChI is InChI=1S/C15H21NO3S/c1-4-16(12-13(2)3)20(18,19)15-9-7-14(8-10-15)6-5-11-17/h7-10,13,17H,4,11-12H2,1-3H3. The molecule has 0 heterocycles. The first-order valence-electron chi connectivity index (χ1n) is 6.61. The van der Waals surface area contributed by atoms with Gasteiger partial charge in [0.25, 0.3) is 0 Å². The Bertz CT molecular complexity index is 580. The van der Waals surface area contributed by atoms with Gasteiger partial charge in [0.2, 0.25) is 10.0 Å². The summed E-state index contributed by atoms with van der Waals surface area (Å²) in [6, 6.07) is 6.41. The number of sulfonamides is 1. The minimum atomic E-state index is -3.45. The summed E-state index contributed by atoms with van der Waals surface area (Å²) >= 11 is 0. The third kappa shape index (κ3) is 4.34. The average molecular weight is 295 g/mol. The fraction of sp³-hybridized carbons (Fsp3) is 0.467. The third-order valence-electron chi connectivity index (χ3n) is 2.73. The van der Waals surface area contributed by atoms with Crippen molar-refractivity contribution in [2.24, 2.45) is 5.92 Å². The van der Waals surface area contributed by atoms with E-state index in [1.165, 1.54) is 4.31 Å². The number of benzene rings is 1. The summed E-state index contributed by atoms with van der Waals surface area (Å²) in [7, 11) is -3.45. The molecule has 0 amide bonds. The van der Waals surface area contributed by atoms with Gasteiger partial charge in [-0.1, -0.05) is 32.6 Å². The Morgan fingerprint density at radius 2 is 1.85 bits per heavy atom. The molecule has 4 nitrogen and oxygen atoms in total. The molecule has 0 aliphatic rings. The lowest BCUT2D eigenvalue weighted by atomic mass is 10.2. The van der Waals surface area contributed by atoms with Crippen LogP contribution in [-0.2, 0) is 10.0 Å². The zero-order valence-electron chi connectivity index (χ0n) is 12.1. The summed E-state index contributed by atoms with van der Waals surface area (Å²) in [5.41, 5.74) is 0.685. The van der Waals surface area contributed by atoms with E-state index in [1.54, 1.807) is 24.3 Å². The van der Waals surface area contributed by atoms with Crippen molar-refractivity contribution in [1.82, 2.24) is 4.31 Å². The SMILES string of the molecule is CCN(CC(C)C)S(=O)(=O)c1ccc(C#CCO)cc1. The Balaban J connectivity index is 3.02. The highest BCUT2D eigenvalue weighted by molar-refractivity contribution is 7.89. The highest BCUT2D eigenvalue weighted by Gasteiger charge is 2.23. The highest BCUT2D eigenvalue weighted by atomic mass is 32.2. The van der Waals surface area contributed by atoms with Gasteiger partial charge in [0.15, 0.2) is 0 Å². The van der Waals surface area contributed by atoms with E-state index in [2.05, 4.69) is 11.8 Å². The van der Waals surface area contributed by atoms with Crippen molar-refractivity contribution < 1.29 is 13.5 Å². The molecule has 0 atom stereocenters. The van der Waals surface area contributed by atoms with E-state index < -0.39 is 10.0 Å². The van der Waals surface area contributed by atoms with Crippen LogP contribution in [0.2, 0.25) is 0 Å². The lowest BCUT2D eigenvalue weighted by Crippen LogP contribution is -2.34.